The van der Waals surface area contributed by atoms with Gasteiger partial charge in [-0.3, -0.25) is 4.79 Å². The lowest BCUT2D eigenvalue weighted by molar-refractivity contribution is -0.134. The van der Waals surface area contributed by atoms with Crippen molar-refractivity contribution in [2.45, 2.75) is 34.6 Å². The van der Waals surface area contributed by atoms with Crippen LogP contribution in [0.25, 0.3) is 5.76 Å². The number of esters is 1. The monoisotopic (exact) mass is 247 g/mol. The van der Waals surface area contributed by atoms with Crippen LogP contribution in [0.4, 0.5) is 0 Å². The molecule has 0 saturated carbocycles. The molecule has 0 aliphatic carbocycles. The van der Waals surface area contributed by atoms with E-state index < -0.39 is 5.97 Å². The van der Waals surface area contributed by atoms with Crippen molar-refractivity contribution in [2.75, 3.05) is 0 Å². The molecular formula is C15H21NO2. The van der Waals surface area contributed by atoms with E-state index in [9.17, 15) is 4.79 Å². The van der Waals surface area contributed by atoms with E-state index in [1.807, 2.05) is 52.0 Å². The zero-order valence-electron chi connectivity index (χ0n) is 11.7. The first-order valence-electron chi connectivity index (χ1n) is 6.07. The summed E-state index contributed by atoms with van der Waals surface area (Å²) in [5.41, 5.74) is 0.712. The third-order valence-corrected chi connectivity index (χ3v) is 1.51. The lowest BCUT2D eigenvalue weighted by atomic mass is 10.2. The van der Waals surface area contributed by atoms with Gasteiger partial charge < -0.3 is 4.74 Å². The average Bonchev–Trinajstić information content (AvgIpc) is 2.43. The first-order valence-corrected chi connectivity index (χ1v) is 6.07. The average molecular weight is 247 g/mol. The number of nitriles is 1. The molecule has 0 radical (unpaired) electrons. The van der Waals surface area contributed by atoms with E-state index in [-0.39, 0.29) is 5.76 Å². The lowest BCUT2D eigenvalue weighted by Crippen LogP contribution is -1.97. The molecule has 0 unspecified atom stereocenters. The van der Waals surface area contributed by atoms with Gasteiger partial charge in [-0.1, -0.05) is 58.0 Å². The summed E-state index contributed by atoms with van der Waals surface area (Å²) in [7, 11) is 0. The highest BCUT2D eigenvalue weighted by atomic mass is 16.5. The van der Waals surface area contributed by atoms with Crippen molar-refractivity contribution in [1.29, 1.82) is 5.26 Å². The fraction of sp³-hybridized carbons (Fsp3) is 0.333. The Balaban J connectivity index is 0. The van der Waals surface area contributed by atoms with E-state index in [1.165, 1.54) is 13.0 Å². The number of carbonyl (C=O) groups is 1. The van der Waals surface area contributed by atoms with Crippen molar-refractivity contribution in [1.82, 2.24) is 0 Å². The molecular weight excluding hydrogens is 226 g/mol. The van der Waals surface area contributed by atoms with Crippen LogP contribution in [-0.2, 0) is 9.53 Å². The predicted octanol–water partition coefficient (Wildman–Crippen LogP) is 4.17. The van der Waals surface area contributed by atoms with Crippen molar-refractivity contribution in [3.63, 3.8) is 0 Å². The van der Waals surface area contributed by atoms with Crippen LogP contribution in [0.5, 0.6) is 0 Å². The molecule has 0 amide bonds. The van der Waals surface area contributed by atoms with Crippen molar-refractivity contribution in [3.8, 4) is 6.07 Å². The van der Waals surface area contributed by atoms with Gasteiger partial charge in [0.15, 0.2) is 0 Å². The second-order valence-electron chi connectivity index (χ2n) is 2.60. The number of allylic oxidation sites excluding steroid dienone is 1. The molecule has 0 fully saturated rings. The molecule has 1 rings (SSSR count). The number of rotatable bonds is 2. The number of benzene rings is 1. The van der Waals surface area contributed by atoms with Gasteiger partial charge in [-0.05, 0) is 0 Å². The second-order valence-corrected chi connectivity index (χ2v) is 2.60. The van der Waals surface area contributed by atoms with Crippen LogP contribution < -0.4 is 0 Å². The second kappa shape index (κ2) is 13.0. The standard InChI is InChI=1S/C11H9NO2.2C2H6/c1-9(13)14-11(7-8-12)10-5-3-2-4-6-10;2*1-2/h2-7H,1H3;2*1-2H3/b11-7-;;. The third kappa shape index (κ3) is 8.12. The van der Waals surface area contributed by atoms with Crippen LogP contribution in [-0.4, -0.2) is 5.97 Å². The van der Waals surface area contributed by atoms with Crippen LogP contribution in [0.2, 0.25) is 0 Å². The number of carbonyl (C=O) groups excluding carboxylic acids is 1. The third-order valence-electron chi connectivity index (χ3n) is 1.51. The van der Waals surface area contributed by atoms with E-state index in [2.05, 4.69) is 0 Å². The summed E-state index contributed by atoms with van der Waals surface area (Å²) >= 11 is 0. The van der Waals surface area contributed by atoms with E-state index in [4.69, 9.17) is 10.00 Å². The Labute approximate surface area is 110 Å². The maximum atomic E-state index is 10.7. The maximum absolute atomic E-state index is 10.7. The van der Waals surface area contributed by atoms with E-state index in [0.29, 0.717) is 5.56 Å². The minimum Gasteiger partial charge on any atom is -0.425 e. The molecule has 0 aromatic heterocycles. The predicted molar refractivity (Wildman–Crippen MR) is 74.5 cm³/mol. The molecule has 3 heteroatoms. The first-order chi connectivity index (χ1) is 8.74. The zero-order valence-corrected chi connectivity index (χ0v) is 11.7. The van der Waals surface area contributed by atoms with Gasteiger partial charge in [0.25, 0.3) is 0 Å². The molecule has 0 aliphatic heterocycles. The van der Waals surface area contributed by atoms with Crippen molar-refractivity contribution >= 4 is 11.7 Å². The van der Waals surface area contributed by atoms with Gasteiger partial charge in [-0.2, -0.15) is 5.26 Å². The molecule has 0 N–H and O–H groups in total. The normalized spacial score (nSPS) is 8.78. The van der Waals surface area contributed by atoms with Gasteiger partial charge in [0, 0.05) is 12.5 Å². The lowest BCUT2D eigenvalue weighted by Gasteiger charge is -2.04. The Bertz CT molecular complexity index is 389. The highest BCUT2D eigenvalue weighted by Gasteiger charge is 2.04. The molecule has 0 saturated heterocycles. The molecule has 0 atom stereocenters. The number of hydrogen-bond acceptors (Lipinski definition) is 3. The van der Waals surface area contributed by atoms with Crippen LogP contribution in [0, 0.1) is 11.3 Å². The topological polar surface area (TPSA) is 50.1 Å². The van der Waals surface area contributed by atoms with Crippen LogP contribution in [0.15, 0.2) is 36.4 Å². The van der Waals surface area contributed by atoms with Crippen LogP contribution in [0.1, 0.15) is 40.2 Å². The van der Waals surface area contributed by atoms with Gasteiger partial charge in [0.05, 0.1) is 12.1 Å². The summed E-state index contributed by atoms with van der Waals surface area (Å²) in [5, 5.41) is 8.49. The van der Waals surface area contributed by atoms with E-state index >= 15 is 0 Å². The Morgan fingerprint density at radius 3 is 2.06 bits per heavy atom. The fourth-order valence-electron chi connectivity index (χ4n) is 0.988. The van der Waals surface area contributed by atoms with E-state index in [0.717, 1.165) is 0 Å². The van der Waals surface area contributed by atoms with E-state index in [1.54, 1.807) is 12.1 Å². The van der Waals surface area contributed by atoms with Gasteiger partial charge in [-0.25, -0.2) is 0 Å². The smallest absolute Gasteiger partial charge is 0.308 e. The van der Waals surface area contributed by atoms with Gasteiger partial charge in [0.1, 0.15) is 5.76 Å². The molecule has 18 heavy (non-hydrogen) atoms. The minimum absolute atomic E-state index is 0.278. The van der Waals surface area contributed by atoms with Crippen molar-refractivity contribution < 1.29 is 9.53 Å². The molecule has 98 valence electrons. The molecule has 0 bridgehead atoms. The molecule has 0 heterocycles. The molecule has 0 spiro atoms. The number of hydrogen-bond donors (Lipinski definition) is 0. The Morgan fingerprint density at radius 1 is 1.17 bits per heavy atom. The molecule has 3 nitrogen and oxygen atoms in total. The summed E-state index contributed by atoms with van der Waals surface area (Å²) in [6.45, 7) is 9.30. The summed E-state index contributed by atoms with van der Waals surface area (Å²) in [6, 6.07) is 10.8. The van der Waals surface area contributed by atoms with Crippen LogP contribution in [0.3, 0.4) is 0 Å². The summed E-state index contributed by atoms with van der Waals surface area (Å²) in [5.74, 6) is -0.157. The first kappa shape index (κ1) is 18.3. The SMILES string of the molecule is CC.CC.CC(=O)O/C(=C\C#N)c1ccccc1. The largest absolute Gasteiger partial charge is 0.425 e. The fourth-order valence-corrected chi connectivity index (χ4v) is 0.988. The Morgan fingerprint density at radius 2 is 1.67 bits per heavy atom. The van der Waals surface area contributed by atoms with Gasteiger partial charge in [0.2, 0.25) is 0 Å². The minimum atomic E-state index is -0.435. The summed E-state index contributed by atoms with van der Waals surface area (Å²) in [4.78, 5) is 10.7. The highest BCUT2D eigenvalue weighted by Crippen LogP contribution is 2.14. The Kier molecular flexibility index (Phi) is 13.2. The van der Waals surface area contributed by atoms with Crippen molar-refractivity contribution in [3.05, 3.63) is 42.0 Å². The number of ether oxygens (including phenoxy) is 1. The molecule has 1 aromatic carbocycles. The Hall–Kier alpha value is -2.08. The quantitative estimate of drug-likeness (QED) is 0.448. The molecule has 0 aliphatic rings. The van der Waals surface area contributed by atoms with Crippen molar-refractivity contribution in [2.24, 2.45) is 0 Å². The molecule has 1 aromatic rings. The van der Waals surface area contributed by atoms with Gasteiger partial charge in [-0.15, -0.1) is 0 Å². The highest BCUT2D eigenvalue weighted by molar-refractivity contribution is 5.76. The number of nitrogens with zero attached hydrogens (tertiary/aromatic N) is 1. The van der Waals surface area contributed by atoms with Crippen LogP contribution >= 0.6 is 0 Å². The summed E-state index contributed by atoms with van der Waals surface area (Å²) < 4.78 is 4.88. The van der Waals surface area contributed by atoms with Gasteiger partial charge >= 0.3 is 5.97 Å². The maximum Gasteiger partial charge on any atom is 0.308 e. The zero-order chi connectivity index (χ0) is 14.4. The summed E-state index contributed by atoms with van der Waals surface area (Å²) in [6.07, 6.45) is 1.21.